The van der Waals surface area contributed by atoms with Crippen LogP contribution in [-0.2, 0) is 4.79 Å². The number of carbonyl (C=O) groups is 1. The highest BCUT2D eigenvalue weighted by Gasteiger charge is 2.18. The zero-order valence-electron chi connectivity index (χ0n) is 13.7. The third-order valence-electron chi connectivity index (χ3n) is 3.82. The molecule has 2 atom stereocenters. The first-order valence-electron chi connectivity index (χ1n) is 7.57. The molecule has 0 saturated heterocycles. The van der Waals surface area contributed by atoms with Crippen LogP contribution in [0.3, 0.4) is 0 Å². The monoisotopic (exact) mass is 296 g/mol. The van der Waals surface area contributed by atoms with Crippen LogP contribution in [0.5, 0.6) is 0 Å². The summed E-state index contributed by atoms with van der Waals surface area (Å²) in [6, 6.07) is 13.3. The SMILES string of the molecule is Cc1ccc(C(N)C(=O)NC(C)c2cc(C)cc(C)c2)cc1. The van der Waals surface area contributed by atoms with Crippen LogP contribution in [-0.4, -0.2) is 5.91 Å². The molecule has 0 saturated carbocycles. The van der Waals surface area contributed by atoms with Crippen molar-refractivity contribution >= 4 is 5.91 Å². The van der Waals surface area contributed by atoms with Gasteiger partial charge in [0, 0.05) is 0 Å². The summed E-state index contributed by atoms with van der Waals surface area (Å²) < 4.78 is 0. The summed E-state index contributed by atoms with van der Waals surface area (Å²) >= 11 is 0. The molecule has 3 N–H and O–H groups in total. The van der Waals surface area contributed by atoms with Gasteiger partial charge in [0.05, 0.1) is 6.04 Å². The fourth-order valence-electron chi connectivity index (χ4n) is 2.57. The molecule has 0 aromatic heterocycles. The van der Waals surface area contributed by atoms with Crippen LogP contribution in [0.15, 0.2) is 42.5 Å². The third-order valence-corrected chi connectivity index (χ3v) is 3.82. The zero-order valence-corrected chi connectivity index (χ0v) is 13.7. The van der Waals surface area contributed by atoms with Crippen molar-refractivity contribution in [1.82, 2.24) is 5.32 Å². The molecule has 0 spiro atoms. The van der Waals surface area contributed by atoms with Gasteiger partial charge in [-0.05, 0) is 38.8 Å². The molecule has 3 nitrogen and oxygen atoms in total. The Morgan fingerprint density at radius 3 is 2.00 bits per heavy atom. The first-order valence-corrected chi connectivity index (χ1v) is 7.57. The second kappa shape index (κ2) is 6.75. The lowest BCUT2D eigenvalue weighted by Gasteiger charge is -2.19. The maximum atomic E-state index is 12.3. The van der Waals surface area contributed by atoms with Gasteiger partial charge in [-0.25, -0.2) is 0 Å². The van der Waals surface area contributed by atoms with Crippen LogP contribution in [0.2, 0.25) is 0 Å². The molecule has 0 aliphatic rings. The first-order chi connectivity index (χ1) is 10.4. The number of carbonyl (C=O) groups excluding carboxylic acids is 1. The van der Waals surface area contributed by atoms with E-state index in [1.165, 1.54) is 11.1 Å². The Hall–Kier alpha value is -2.13. The van der Waals surface area contributed by atoms with Crippen LogP contribution < -0.4 is 11.1 Å². The van der Waals surface area contributed by atoms with Crippen LogP contribution in [0.25, 0.3) is 0 Å². The fourth-order valence-corrected chi connectivity index (χ4v) is 2.57. The minimum absolute atomic E-state index is 0.0670. The zero-order chi connectivity index (χ0) is 16.3. The van der Waals surface area contributed by atoms with Gasteiger partial charge in [0.15, 0.2) is 0 Å². The van der Waals surface area contributed by atoms with E-state index in [4.69, 9.17) is 5.73 Å². The number of benzene rings is 2. The van der Waals surface area contributed by atoms with E-state index in [2.05, 4.69) is 37.4 Å². The van der Waals surface area contributed by atoms with Crippen LogP contribution in [0, 0.1) is 20.8 Å². The Morgan fingerprint density at radius 1 is 0.909 bits per heavy atom. The molecule has 0 fully saturated rings. The molecule has 2 aromatic rings. The molecule has 0 bridgehead atoms. The molecule has 22 heavy (non-hydrogen) atoms. The van der Waals surface area contributed by atoms with Crippen molar-refractivity contribution in [1.29, 1.82) is 0 Å². The Morgan fingerprint density at radius 2 is 1.45 bits per heavy atom. The highest BCUT2D eigenvalue weighted by Crippen LogP contribution is 2.18. The molecular weight excluding hydrogens is 272 g/mol. The minimum atomic E-state index is -0.644. The van der Waals surface area contributed by atoms with Gasteiger partial charge in [-0.2, -0.15) is 0 Å². The smallest absolute Gasteiger partial charge is 0.241 e. The summed E-state index contributed by atoms with van der Waals surface area (Å²) in [7, 11) is 0. The summed E-state index contributed by atoms with van der Waals surface area (Å²) in [5.41, 5.74) is 11.5. The van der Waals surface area contributed by atoms with Crippen LogP contribution in [0.1, 0.15) is 46.8 Å². The van der Waals surface area contributed by atoms with Gasteiger partial charge in [-0.1, -0.05) is 59.2 Å². The molecule has 0 heterocycles. The highest BCUT2D eigenvalue weighted by atomic mass is 16.2. The molecule has 0 aliphatic carbocycles. The average Bonchev–Trinajstić information content (AvgIpc) is 2.46. The Bertz CT molecular complexity index is 641. The normalized spacial score (nSPS) is 13.5. The summed E-state index contributed by atoms with van der Waals surface area (Å²) in [6.45, 7) is 8.11. The Balaban J connectivity index is 2.08. The van der Waals surface area contributed by atoms with E-state index < -0.39 is 6.04 Å². The molecule has 0 radical (unpaired) electrons. The number of hydrogen-bond donors (Lipinski definition) is 2. The molecule has 2 aromatic carbocycles. The van der Waals surface area contributed by atoms with E-state index in [0.29, 0.717) is 0 Å². The highest BCUT2D eigenvalue weighted by molar-refractivity contribution is 5.83. The van der Waals surface area contributed by atoms with Crippen molar-refractivity contribution in [3.05, 3.63) is 70.3 Å². The molecule has 1 amide bonds. The van der Waals surface area contributed by atoms with E-state index in [-0.39, 0.29) is 11.9 Å². The fraction of sp³-hybridized carbons (Fsp3) is 0.316. The van der Waals surface area contributed by atoms with Crippen molar-refractivity contribution in [3.63, 3.8) is 0 Å². The van der Waals surface area contributed by atoms with Crippen molar-refractivity contribution in [2.45, 2.75) is 39.8 Å². The van der Waals surface area contributed by atoms with Crippen molar-refractivity contribution in [3.8, 4) is 0 Å². The number of amides is 1. The number of aryl methyl sites for hydroxylation is 3. The van der Waals surface area contributed by atoms with Crippen LogP contribution in [0.4, 0.5) is 0 Å². The summed E-state index contributed by atoms with van der Waals surface area (Å²) in [4.78, 5) is 12.3. The summed E-state index contributed by atoms with van der Waals surface area (Å²) in [6.07, 6.45) is 0. The van der Waals surface area contributed by atoms with Gasteiger partial charge in [0.1, 0.15) is 6.04 Å². The maximum Gasteiger partial charge on any atom is 0.241 e. The lowest BCUT2D eigenvalue weighted by atomic mass is 10.0. The molecule has 0 aliphatic heterocycles. The van der Waals surface area contributed by atoms with E-state index >= 15 is 0 Å². The number of hydrogen-bond acceptors (Lipinski definition) is 2. The maximum absolute atomic E-state index is 12.3. The van der Waals surface area contributed by atoms with E-state index in [1.807, 2.05) is 38.1 Å². The molecule has 2 unspecified atom stereocenters. The van der Waals surface area contributed by atoms with Gasteiger partial charge in [-0.3, -0.25) is 4.79 Å². The summed E-state index contributed by atoms with van der Waals surface area (Å²) in [5, 5.41) is 3.00. The van der Waals surface area contributed by atoms with Gasteiger partial charge < -0.3 is 11.1 Å². The topological polar surface area (TPSA) is 55.1 Å². The number of nitrogens with one attached hydrogen (secondary N) is 1. The average molecular weight is 296 g/mol. The second-order valence-corrected chi connectivity index (χ2v) is 6.04. The van der Waals surface area contributed by atoms with E-state index in [1.54, 1.807) is 0 Å². The standard InChI is InChI=1S/C19H24N2O/c1-12-5-7-16(8-6-12)18(20)19(22)21-15(4)17-10-13(2)9-14(3)11-17/h5-11,15,18H,20H2,1-4H3,(H,21,22). The lowest BCUT2D eigenvalue weighted by Crippen LogP contribution is -2.35. The Kier molecular flexibility index (Phi) is 4.99. The first kappa shape index (κ1) is 16.2. The van der Waals surface area contributed by atoms with Gasteiger partial charge in [0.25, 0.3) is 0 Å². The van der Waals surface area contributed by atoms with Gasteiger partial charge in [0.2, 0.25) is 5.91 Å². The van der Waals surface area contributed by atoms with Crippen molar-refractivity contribution < 1.29 is 4.79 Å². The van der Waals surface area contributed by atoms with Crippen LogP contribution >= 0.6 is 0 Å². The Labute approximate surface area is 132 Å². The minimum Gasteiger partial charge on any atom is -0.348 e. The predicted molar refractivity (Wildman–Crippen MR) is 90.6 cm³/mol. The van der Waals surface area contributed by atoms with E-state index in [0.717, 1.165) is 16.7 Å². The molecule has 116 valence electrons. The lowest BCUT2D eigenvalue weighted by molar-refractivity contribution is -0.123. The number of rotatable bonds is 4. The molecule has 2 rings (SSSR count). The largest absolute Gasteiger partial charge is 0.348 e. The van der Waals surface area contributed by atoms with E-state index in [9.17, 15) is 4.79 Å². The summed E-state index contributed by atoms with van der Waals surface area (Å²) in [5.74, 6) is -0.157. The third kappa shape index (κ3) is 3.95. The molecule has 3 heteroatoms. The van der Waals surface area contributed by atoms with Crippen molar-refractivity contribution in [2.75, 3.05) is 0 Å². The quantitative estimate of drug-likeness (QED) is 0.907. The number of nitrogens with two attached hydrogens (primary N) is 1. The van der Waals surface area contributed by atoms with Crippen molar-refractivity contribution in [2.24, 2.45) is 5.73 Å². The van der Waals surface area contributed by atoms with Gasteiger partial charge in [-0.15, -0.1) is 0 Å². The predicted octanol–water partition coefficient (Wildman–Crippen LogP) is 3.49. The van der Waals surface area contributed by atoms with Gasteiger partial charge >= 0.3 is 0 Å². The molecular formula is C19H24N2O. The second-order valence-electron chi connectivity index (χ2n) is 6.04.